The van der Waals surface area contributed by atoms with Crippen LogP contribution < -0.4 is 0 Å². The first-order valence-electron chi connectivity index (χ1n) is 2.69. The summed E-state index contributed by atoms with van der Waals surface area (Å²) in [7, 11) is -1.87. The van der Waals surface area contributed by atoms with Crippen LogP contribution in [0.2, 0.25) is 0 Å². The Labute approximate surface area is 58.4 Å². The molecule has 0 fully saturated rings. The smallest absolute Gasteiger partial charge is 0.478 e. The standard InChI is InChI=1S/C5H5O4P/c1-3-4(5(6)7)2-10(8)9-3/h2-3H,1H3/p+1. The molecular formula is C5H6O4P+. The molecule has 1 aliphatic rings. The largest absolute Gasteiger partial charge is 0.542 e. The Morgan fingerprint density at radius 1 is 1.90 bits per heavy atom. The van der Waals surface area contributed by atoms with Crippen LogP contribution >= 0.6 is 8.03 Å². The fraction of sp³-hybridized carbons (Fsp3) is 0.400. The first-order chi connectivity index (χ1) is 4.61. The van der Waals surface area contributed by atoms with E-state index in [1.165, 1.54) is 0 Å². The molecule has 0 saturated carbocycles. The van der Waals surface area contributed by atoms with Crippen molar-refractivity contribution in [2.75, 3.05) is 0 Å². The van der Waals surface area contributed by atoms with Gasteiger partial charge >= 0.3 is 14.0 Å². The number of hydrogen-bond donors (Lipinski definition) is 1. The van der Waals surface area contributed by atoms with Crippen LogP contribution in [-0.2, 0) is 13.9 Å². The Hall–Kier alpha value is -0.730. The average Bonchev–Trinajstić information content (AvgIpc) is 2.10. The van der Waals surface area contributed by atoms with Crippen molar-refractivity contribution in [1.29, 1.82) is 0 Å². The van der Waals surface area contributed by atoms with Crippen LogP contribution in [0.15, 0.2) is 11.4 Å². The summed E-state index contributed by atoms with van der Waals surface area (Å²) in [5, 5.41) is 8.42. The molecule has 5 heteroatoms. The molecule has 1 heterocycles. The van der Waals surface area contributed by atoms with Gasteiger partial charge in [0.25, 0.3) is 0 Å². The van der Waals surface area contributed by atoms with Gasteiger partial charge < -0.3 is 5.11 Å². The van der Waals surface area contributed by atoms with Crippen LogP contribution in [0.4, 0.5) is 0 Å². The third-order valence-electron chi connectivity index (χ3n) is 1.19. The highest BCUT2D eigenvalue weighted by atomic mass is 31.1. The van der Waals surface area contributed by atoms with Crippen LogP contribution in [0.1, 0.15) is 6.92 Å². The molecule has 1 aliphatic heterocycles. The quantitative estimate of drug-likeness (QED) is 0.585. The van der Waals surface area contributed by atoms with Crippen molar-refractivity contribution in [3.63, 3.8) is 0 Å². The Morgan fingerprint density at radius 2 is 2.50 bits per heavy atom. The molecular weight excluding hydrogens is 155 g/mol. The number of carbonyl (C=O) groups is 1. The third kappa shape index (κ3) is 1.23. The molecule has 0 aromatic carbocycles. The summed E-state index contributed by atoms with van der Waals surface area (Å²) in [5.41, 5.74) is 0.0844. The van der Waals surface area contributed by atoms with Crippen molar-refractivity contribution in [2.24, 2.45) is 0 Å². The van der Waals surface area contributed by atoms with E-state index in [1.807, 2.05) is 0 Å². The summed E-state index contributed by atoms with van der Waals surface area (Å²) in [6.07, 6.45) is -0.541. The summed E-state index contributed by atoms with van der Waals surface area (Å²) in [4.78, 5) is 10.3. The maximum atomic E-state index is 10.6. The van der Waals surface area contributed by atoms with Crippen LogP contribution in [0.25, 0.3) is 0 Å². The molecule has 0 bridgehead atoms. The molecule has 0 radical (unpaired) electrons. The second-order valence-corrected chi connectivity index (χ2v) is 2.96. The zero-order chi connectivity index (χ0) is 7.72. The van der Waals surface area contributed by atoms with Crippen molar-refractivity contribution in [1.82, 2.24) is 0 Å². The Bertz CT molecular complexity index is 220. The van der Waals surface area contributed by atoms with Gasteiger partial charge in [-0.25, -0.2) is 4.79 Å². The fourth-order valence-corrected chi connectivity index (χ4v) is 1.72. The predicted molar refractivity (Wildman–Crippen MR) is 33.9 cm³/mol. The molecule has 0 aromatic rings. The lowest BCUT2D eigenvalue weighted by atomic mass is 10.2. The molecule has 0 spiro atoms. The molecule has 0 aromatic heterocycles. The average molecular weight is 161 g/mol. The maximum absolute atomic E-state index is 10.6. The number of carboxylic acids is 1. The monoisotopic (exact) mass is 161 g/mol. The summed E-state index contributed by atoms with van der Waals surface area (Å²) in [6, 6.07) is 0. The predicted octanol–water partition coefficient (Wildman–Crippen LogP) is 1.12. The summed E-state index contributed by atoms with van der Waals surface area (Å²) in [6.45, 7) is 1.56. The molecule has 0 saturated heterocycles. The van der Waals surface area contributed by atoms with E-state index in [-0.39, 0.29) is 5.57 Å². The second kappa shape index (κ2) is 2.48. The lowest BCUT2D eigenvalue weighted by Gasteiger charge is -1.94. The van der Waals surface area contributed by atoms with Crippen molar-refractivity contribution in [3.8, 4) is 0 Å². The molecule has 2 unspecified atom stereocenters. The van der Waals surface area contributed by atoms with Crippen molar-refractivity contribution in [2.45, 2.75) is 13.0 Å². The van der Waals surface area contributed by atoms with Crippen molar-refractivity contribution >= 4 is 14.0 Å². The topological polar surface area (TPSA) is 63.6 Å². The molecule has 54 valence electrons. The van der Waals surface area contributed by atoms with Gasteiger partial charge in [0.1, 0.15) is 11.7 Å². The van der Waals surface area contributed by atoms with Gasteiger partial charge in [0.2, 0.25) is 5.82 Å². The van der Waals surface area contributed by atoms with Gasteiger partial charge in [-0.15, -0.1) is 4.52 Å². The minimum absolute atomic E-state index is 0.0844. The molecule has 1 N–H and O–H groups in total. The number of hydrogen-bond acceptors (Lipinski definition) is 3. The zero-order valence-electron chi connectivity index (χ0n) is 5.27. The van der Waals surface area contributed by atoms with Gasteiger partial charge in [0.15, 0.2) is 0 Å². The lowest BCUT2D eigenvalue weighted by Crippen LogP contribution is -2.10. The summed E-state index contributed by atoms with van der Waals surface area (Å²) < 4.78 is 15.2. The normalized spacial score (nSPS) is 28.3. The van der Waals surface area contributed by atoms with Crippen LogP contribution in [-0.4, -0.2) is 17.2 Å². The van der Waals surface area contributed by atoms with Crippen LogP contribution in [0.3, 0.4) is 0 Å². The molecule has 0 amide bonds. The Kier molecular flexibility index (Phi) is 1.83. The molecule has 10 heavy (non-hydrogen) atoms. The lowest BCUT2D eigenvalue weighted by molar-refractivity contribution is -0.133. The highest BCUT2D eigenvalue weighted by molar-refractivity contribution is 7.43. The second-order valence-electron chi connectivity index (χ2n) is 1.92. The molecule has 1 rings (SSSR count). The van der Waals surface area contributed by atoms with E-state index in [0.29, 0.717) is 0 Å². The van der Waals surface area contributed by atoms with Gasteiger partial charge in [-0.3, -0.25) is 0 Å². The SMILES string of the molecule is CC1O[P+](=O)C=C1C(=O)O. The van der Waals surface area contributed by atoms with E-state index in [2.05, 4.69) is 4.52 Å². The van der Waals surface area contributed by atoms with Gasteiger partial charge in [-0.1, -0.05) is 0 Å². The summed E-state index contributed by atoms with van der Waals surface area (Å²) >= 11 is 0. The number of rotatable bonds is 1. The van der Waals surface area contributed by atoms with Crippen molar-refractivity contribution < 1.29 is 19.0 Å². The number of carboxylic acid groups (broad SMARTS) is 1. The van der Waals surface area contributed by atoms with Gasteiger partial charge in [-0.05, 0) is 11.5 Å². The van der Waals surface area contributed by atoms with E-state index < -0.39 is 20.1 Å². The van der Waals surface area contributed by atoms with Crippen LogP contribution in [0, 0.1) is 0 Å². The molecule has 2 atom stereocenters. The number of aliphatic carboxylic acids is 1. The highest BCUT2D eigenvalue weighted by Crippen LogP contribution is 2.37. The maximum Gasteiger partial charge on any atom is 0.542 e. The van der Waals surface area contributed by atoms with Gasteiger partial charge in [-0.2, -0.15) is 0 Å². The molecule has 4 nitrogen and oxygen atoms in total. The highest BCUT2D eigenvalue weighted by Gasteiger charge is 2.36. The van der Waals surface area contributed by atoms with Gasteiger partial charge in [0, 0.05) is 0 Å². The van der Waals surface area contributed by atoms with Gasteiger partial charge in [0.05, 0.1) is 0 Å². The van der Waals surface area contributed by atoms with E-state index in [0.717, 1.165) is 5.82 Å². The fourth-order valence-electron chi connectivity index (χ4n) is 0.691. The van der Waals surface area contributed by atoms with E-state index in [9.17, 15) is 9.36 Å². The zero-order valence-corrected chi connectivity index (χ0v) is 6.17. The summed E-state index contributed by atoms with van der Waals surface area (Å²) in [5.74, 6) is 0.0795. The van der Waals surface area contributed by atoms with E-state index in [1.54, 1.807) is 6.92 Å². The Morgan fingerprint density at radius 3 is 2.70 bits per heavy atom. The van der Waals surface area contributed by atoms with E-state index >= 15 is 0 Å². The first kappa shape index (κ1) is 7.38. The van der Waals surface area contributed by atoms with E-state index in [4.69, 9.17) is 5.11 Å². The van der Waals surface area contributed by atoms with Crippen LogP contribution in [0.5, 0.6) is 0 Å². The van der Waals surface area contributed by atoms with Crippen molar-refractivity contribution in [3.05, 3.63) is 11.4 Å². The Balaban J connectivity index is 2.85. The minimum Gasteiger partial charge on any atom is -0.478 e. The molecule has 0 aliphatic carbocycles. The first-order valence-corrected chi connectivity index (χ1v) is 3.94. The minimum atomic E-state index is -1.87. The third-order valence-corrected chi connectivity index (χ3v) is 2.20.